The van der Waals surface area contributed by atoms with Crippen LogP contribution in [-0.2, 0) is 15.9 Å². The molecule has 1 unspecified atom stereocenters. The van der Waals surface area contributed by atoms with Crippen molar-refractivity contribution in [3.8, 4) is 16.9 Å². The molecule has 0 amide bonds. The van der Waals surface area contributed by atoms with Gasteiger partial charge in [0.2, 0.25) is 0 Å². The van der Waals surface area contributed by atoms with Gasteiger partial charge in [-0.05, 0) is 68.4 Å². The molecule has 3 aromatic carbocycles. The van der Waals surface area contributed by atoms with Gasteiger partial charge in [-0.25, -0.2) is 30.7 Å². The van der Waals surface area contributed by atoms with Crippen molar-refractivity contribution in [2.45, 2.75) is 59.4 Å². The highest BCUT2D eigenvalue weighted by atomic mass is 19.3. The van der Waals surface area contributed by atoms with Crippen molar-refractivity contribution in [2.75, 3.05) is 13.2 Å². The maximum Gasteiger partial charge on any atom is 0.409 e. The lowest BCUT2D eigenvalue weighted by Gasteiger charge is -2.38. The van der Waals surface area contributed by atoms with Crippen molar-refractivity contribution in [3.63, 3.8) is 0 Å². The molecular formula is C34H33F9O3. The van der Waals surface area contributed by atoms with Crippen molar-refractivity contribution >= 4 is 0 Å². The number of benzene rings is 3. The molecule has 3 nitrogen and oxygen atoms in total. The fourth-order valence-corrected chi connectivity index (χ4v) is 5.45. The molecule has 2 atom stereocenters. The number of rotatable bonds is 8. The summed E-state index contributed by atoms with van der Waals surface area (Å²) in [4.78, 5) is 0. The first-order chi connectivity index (χ1) is 21.2. The molecule has 12 heteroatoms. The Labute approximate surface area is 261 Å². The number of hydrogen-bond donors (Lipinski definition) is 0. The second-order valence-corrected chi connectivity index (χ2v) is 11.7. The van der Waals surface area contributed by atoms with Crippen LogP contribution >= 0.6 is 0 Å². The van der Waals surface area contributed by atoms with Gasteiger partial charge in [0.05, 0.1) is 13.2 Å². The first kappa shape index (κ1) is 35.3. The second-order valence-electron chi connectivity index (χ2n) is 11.7. The van der Waals surface area contributed by atoms with Gasteiger partial charge in [0, 0.05) is 34.7 Å². The minimum absolute atomic E-state index is 0. The summed E-state index contributed by atoms with van der Waals surface area (Å²) in [6.07, 6.45) is -3.81. The van der Waals surface area contributed by atoms with E-state index < -0.39 is 64.3 Å². The predicted octanol–water partition coefficient (Wildman–Crippen LogP) is 10.4. The van der Waals surface area contributed by atoms with Crippen LogP contribution in [0.2, 0.25) is 0 Å². The van der Waals surface area contributed by atoms with Gasteiger partial charge < -0.3 is 14.2 Å². The summed E-state index contributed by atoms with van der Waals surface area (Å²) in [7, 11) is 0. The van der Waals surface area contributed by atoms with Gasteiger partial charge >= 0.3 is 6.11 Å². The third kappa shape index (κ3) is 7.07. The largest absolute Gasteiger partial charge is 0.432 e. The lowest BCUT2D eigenvalue weighted by Crippen LogP contribution is -2.46. The zero-order valence-corrected chi connectivity index (χ0v) is 24.2. The average molecular weight is 661 g/mol. The normalized spacial score (nSPS) is 23.5. The zero-order chi connectivity index (χ0) is 32.7. The van der Waals surface area contributed by atoms with Gasteiger partial charge in [-0.3, -0.25) is 0 Å². The van der Waals surface area contributed by atoms with E-state index in [1.807, 2.05) is 0 Å². The minimum atomic E-state index is -4.07. The summed E-state index contributed by atoms with van der Waals surface area (Å²) < 4.78 is 145. The van der Waals surface area contributed by atoms with Crippen molar-refractivity contribution in [1.82, 2.24) is 0 Å². The molecule has 1 aliphatic heterocycles. The van der Waals surface area contributed by atoms with Crippen LogP contribution in [0.15, 0.2) is 54.4 Å². The Morgan fingerprint density at radius 1 is 0.848 bits per heavy atom. The summed E-state index contributed by atoms with van der Waals surface area (Å²) in [6, 6.07) is 6.34. The Morgan fingerprint density at radius 2 is 1.46 bits per heavy atom. The summed E-state index contributed by atoms with van der Waals surface area (Å²) in [6.45, 7) is 2.86. The Balaban J connectivity index is 0.00000480. The molecule has 1 aliphatic carbocycles. The highest BCUT2D eigenvalue weighted by Gasteiger charge is 2.57. The number of allylic oxidation sites excluding steroid dienone is 1. The molecule has 0 saturated carbocycles. The smallest absolute Gasteiger partial charge is 0.409 e. The van der Waals surface area contributed by atoms with Gasteiger partial charge in [0.15, 0.2) is 23.7 Å². The van der Waals surface area contributed by atoms with E-state index in [-0.39, 0.29) is 74.0 Å². The molecule has 0 bridgehead atoms. The first-order valence-electron chi connectivity index (χ1n) is 14.3. The Bertz CT molecular complexity index is 1550. The lowest BCUT2D eigenvalue weighted by molar-refractivity contribution is -0.250. The van der Waals surface area contributed by atoms with Crippen LogP contribution in [0.4, 0.5) is 39.5 Å². The van der Waals surface area contributed by atoms with E-state index in [2.05, 4.69) is 4.74 Å². The summed E-state index contributed by atoms with van der Waals surface area (Å²) in [5.41, 5.74) is -2.75. The van der Waals surface area contributed by atoms with Crippen molar-refractivity contribution in [2.24, 2.45) is 17.3 Å². The SMILES string of the molecule is C.CC1C=C(F)[C@@](C)(C(F)(F)Oc2cc(F)c(CCC3COC(c4ccc(-c5cc(F)c(F)c(F)c5)c(F)c4)OC3)c(F)c2)CC1. The van der Waals surface area contributed by atoms with Crippen LogP contribution in [-0.4, -0.2) is 19.3 Å². The monoisotopic (exact) mass is 660 g/mol. The van der Waals surface area contributed by atoms with Crippen molar-refractivity contribution < 1.29 is 53.7 Å². The maximum absolute atomic E-state index is 15.0. The standard InChI is InChI=1S/C33H29F9O3.CH4/c1-17-7-8-32(2,29(39)9-17)33(41,42)45-21-13-25(35)23(26(36)14-21)5-3-18-15-43-31(44-16-18)19-4-6-22(24(34)10-19)20-11-27(37)30(40)28(38)12-20;/h4,6,9-14,17-18,31H,3,5,7-8,15-16H2,1-2H3;1H4/t17?,18?,31?,32-;/m0./s1. The molecule has 250 valence electrons. The Hall–Kier alpha value is -3.51. The van der Waals surface area contributed by atoms with Crippen LogP contribution < -0.4 is 4.74 Å². The molecule has 5 rings (SSSR count). The topological polar surface area (TPSA) is 27.7 Å². The zero-order valence-electron chi connectivity index (χ0n) is 24.2. The highest BCUT2D eigenvalue weighted by Crippen LogP contribution is 2.51. The molecule has 3 aromatic rings. The summed E-state index contributed by atoms with van der Waals surface area (Å²) in [5.74, 6) is -10.0. The van der Waals surface area contributed by atoms with Gasteiger partial charge in [0.1, 0.15) is 34.4 Å². The predicted molar refractivity (Wildman–Crippen MR) is 153 cm³/mol. The molecule has 0 N–H and O–H groups in total. The number of alkyl halides is 2. The fraction of sp³-hybridized carbons (Fsp3) is 0.412. The van der Waals surface area contributed by atoms with Gasteiger partial charge in [-0.15, -0.1) is 0 Å². The summed E-state index contributed by atoms with van der Waals surface area (Å²) in [5, 5.41) is 0. The number of halogens is 9. The molecule has 1 heterocycles. The van der Waals surface area contributed by atoms with Gasteiger partial charge in [0.25, 0.3) is 0 Å². The third-order valence-electron chi connectivity index (χ3n) is 8.39. The van der Waals surface area contributed by atoms with Gasteiger partial charge in [-0.1, -0.05) is 26.5 Å². The molecular weight excluding hydrogens is 627 g/mol. The first-order valence-corrected chi connectivity index (χ1v) is 14.3. The lowest BCUT2D eigenvalue weighted by atomic mass is 9.75. The third-order valence-corrected chi connectivity index (χ3v) is 8.39. The van der Waals surface area contributed by atoms with Crippen LogP contribution in [0.3, 0.4) is 0 Å². The fourth-order valence-electron chi connectivity index (χ4n) is 5.45. The van der Waals surface area contributed by atoms with Crippen LogP contribution in [0.1, 0.15) is 58.0 Å². The summed E-state index contributed by atoms with van der Waals surface area (Å²) >= 11 is 0. The maximum atomic E-state index is 15.0. The molecule has 46 heavy (non-hydrogen) atoms. The Morgan fingerprint density at radius 3 is 2.02 bits per heavy atom. The highest BCUT2D eigenvalue weighted by molar-refractivity contribution is 5.64. The van der Waals surface area contributed by atoms with Gasteiger partial charge in [-0.2, -0.15) is 8.78 Å². The van der Waals surface area contributed by atoms with E-state index in [0.717, 1.165) is 19.1 Å². The molecule has 1 saturated heterocycles. The average Bonchev–Trinajstić information content (AvgIpc) is 2.97. The molecule has 2 aliphatic rings. The Kier molecular flexibility index (Phi) is 10.5. The minimum Gasteiger partial charge on any atom is -0.432 e. The molecule has 0 aromatic heterocycles. The second kappa shape index (κ2) is 13.7. The molecule has 0 spiro atoms. The van der Waals surface area contributed by atoms with E-state index in [1.165, 1.54) is 12.1 Å². The van der Waals surface area contributed by atoms with Crippen LogP contribution in [0, 0.1) is 52.2 Å². The van der Waals surface area contributed by atoms with E-state index in [1.54, 1.807) is 6.92 Å². The molecule has 1 fully saturated rings. The van der Waals surface area contributed by atoms with Crippen LogP contribution in [0.25, 0.3) is 11.1 Å². The van der Waals surface area contributed by atoms with Crippen molar-refractivity contribution in [3.05, 3.63) is 100 Å². The van der Waals surface area contributed by atoms with E-state index in [0.29, 0.717) is 30.7 Å². The van der Waals surface area contributed by atoms with E-state index >= 15 is 0 Å². The molecule has 0 radical (unpaired) electrons. The van der Waals surface area contributed by atoms with Crippen LogP contribution in [0.5, 0.6) is 5.75 Å². The van der Waals surface area contributed by atoms with E-state index in [9.17, 15) is 39.5 Å². The van der Waals surface area contributed by atoms with E-state index in [4.69, 9.17) is 9.47 Å². The van der Waals surface area contributed by atoms with Crippen molar-refractivity contribution in [1.29, 1.82) is 0 Å². The number of hydrogen-bond acceptors (Lipinski definition) is 3. The quantitative estimate of drug-likeness (QED) is 0.178. The number of ether oxygens (including phenoxy) is 3.